The van der Waals surface area contributed by atoms with Gasteiger partial charge in [-0.25, -0.2) is 0 Å². The van der Waals surface area contributed by atoms with Crippen LogP contribution in [0.25, 0.3) is 0 Å². The summed E-state index contributed by atoms with van der Waals surface area (Å²) in [6, 6.07) is 6.61. The molecule has 2 rings (SSSR count). The SMILES string of the molecule is CCCNC(=O)CCNC1CCc2ccc(OC)cc21. The van der Waals surface area contributed by atoms with E-state index in [2.05, 4.69) is 29.7 Å². The highest BCUT2D eigenvalue weighted by molar-refractivity contribution is 5.76. The van der Waals surface area contributed by atoms with Crippen LogP contribution in [0.3, 0.4) is 0 Å². The number of fused-ring (bicyclic) bond motifs is 1. The van der Waals surface area contributed by atoms with Gasteiger partial charge in [-0.15, -0.1) is 0 Å². The first-order chi connectivity index (χ1) is 9.74. The smallest absolute Gasteiger partial charge is 0.221 e. The maximum Gasteiger partial charge on any atom is 0.221 e. The molecule has 1 aromatic carbocycles. The molecule has 0 saturated carbocycles. The zero-order chi connectivity index (χ0) is 14.4. The van der Waals surface area contributed by atoms with E-state index in [1.54, 1.807) is 7.11 Å². The van der Waals surface area contributed by atoms with E-state index < -0.39 is 0 Å². The lowest BCUT2D eigenvalue weighted by molar-refractivity contribution is -0.121. The van der Waals surface area contributed by atoms with Gasteiger partial charge in [-0.3, -0.25) is 4.79 Å². The first-order valence-electron chi connectivity index (χ1n) is 7.41. The van der Waals surface area contributed by atoms with E-state index in [0.29, 0.717) is 12.5 Å². The Bertz CT molecular complexity index is 460. The lowest BCUT2D eigenvalue weighted by Crippen LogP contribution is -2.29. The van der Waals surface area contributed by atoms with Gasteiger partial charge in [0.05, 0.1) is 7.11 Å². The van der Waals surface area contributed by atoms with Crippen LogP contribution in [-0.2, 0) is 11.2 Å². The highest BCUT2D eigenvalue weighted by atomic mass is 16.5. The molecule has 0 aliphatic heterocycles. The number of hydrogen-bond acceptors (Lipinski definition) is 3. The highest BCUT2D eigenvalue weighted by Gasteiger charge is 2.22. The minimum absolute atomic E-state index is 0.128. The molecular weight excluding hydrogens is 252 g/mol. The molecule has 110 valence electrons. The number of carbonyl (C=O) groups excluding carboxylic acids is 1. The van der Waals surface area contributed by atoms with Crippen LogP contribution < -0.4 is 15.4 Å². The van der Waals surface area contributed by atoms with Crippen LogP contribution in [0.5, 0.6) is 5.75 Å². The largest absolute Gasteiger partial charge is 0.497 e. The molecule has 20 heavy (non-hydrogen) atoms. The summed E-state index contributed by atoms with van der Waals surface area (Å²) in [6.07, 6.45) is 3.71. The van der Waals surface area contributed by atoms with Crippen LogP contribution in [0.4, 0.5) is 0 Å². The van der Waals surface area contributed by atoms with Crippen LogP contribution in [0, 0.1) is 0 Å². The number of nitrogens with one attached hydrogen (secondary N) is 2. The fourth-order valence-electron chi connectivity index (χ4n) is 2.63. The summed E-state index contributed by atoms with van der Waals surface area (Å²) in [7, 11) is 1.69. The van der Waals surface area contributed by atoms with Gasteiger partial charge in [-0.05, 0) is 42.5 Å². The number of rotatable bonds is 7. The van der Waals surface area contributed by atoms with Crippen molar-refractivity contribution in [1.29, 1.82) is 0 Å². The molecule has 0 radical (unpaired) electrons. The van der Waals surface area contributed by atoms with Gasteiger partial charge in [0.1, 0.15) is 5.75 Å². The number of aryl methyl sites for hydroxylation is 1. The topological polar surface area (TPSA) is 50.4 Å². The van der Waals surface area contributed by atoms with Crippen molar-refractivity contribution in [2.75, 3.05) is 20.2 Å². The van der Waals surface area contributed by atoms with E-state index in [9.17, 15) is 4.79 Å². The Morgan fingerprint density at radius 3 is 3.00 bits per heavy atom. The van der Waals surface area contributed by atoms with Crippen molar-refractivity contribution in [2.45, 2.75) is 38.6 Å². The van der Waals surface area contributed by atoms with Crippen molar-refractivity contribution in [3.8, 4) is 5.75 Å². The molecule has 0 fully saturated rings. The molecule has 0 aromatic heterocycles. The predicted octanol–water partition coefficient (Wildman–Crippen LogP) is 2.19. The molecule has 1 aliphatic carbocycles. The van der Waals surface area contributed by atoms with Crippen LogP contribution in [0.2, 0.25) is 0 Å². The van der Waals surface area contributed by atoms with Gasteiger partial charge in [0, 0.05) is 25.6 Å². The summed E-state index contributed by atoms with van der Waals surface area (Å²) in [6.45, 7) is 3.54. The van der Waals surface area contributed by atoms with Crippen molar-refractivity contribution in [1.82, 2.24) is 10.6 Å². The Morgan fingerprint density at radius 1 is 1.40 bits per heavy atom. The maximum absolute atomic E-state index is 11.6. The molecule has 1 unspecified atom stereocenters. The average molecular weight is 276 g/mol. The fraction of sp³-hybridized carbons (Fsp3) is 0.562. The molecule has 0 heterocycles. The molecule has 1 aliphatic rings. The number of carbonyl (C=O) groups is 1. The van der Waals surface area contributed by atoms with Crippen LogP contribution in [-0.4, -0.2) is 26.1 Å². The second kappa shape index (κ2) is 7.29. The van der Waals surface area contributed by atoms with Crippen molar-refractivity contribution in [3.63, 3.8) is 0 Å². The molecule has 2 N–H and O–H groups in total. The van der Waals surface area contributed by atoms with Gasteiger partial charge in [0.15, 0.2) is 0 Å². The zero-order valence-corrected chi connectivity index (χ0v) is 12.4. The molecule has 1 amide bonds. The fourth-order valence-corrected chi connectivity index (χ4v) is 2.63. The first kappa shape index (κ1) is 14.9. The van der Waals surface area contributed by atoms with Gasteiger partial charge in [0.25, 0.3) is 0 Å². The normalized spacial score (nSPS) is 16.8. The lowest BCUT2D eigenvalue weighted by atomic mass is 10.1. The van der Waals surface area contributed by atoms with Gasteiger partial charge in [-0.1, -0.05) is 13.0 Å². The Balaban J connectivity index is 1.83. The molecule has 4 nitrogen and oxygen atoms in total. The van der Waals surface area contributed by atoms with Crippen LogP contribution in [0.15, 0.2) is 18.2 Å². The van der Waals surface area contributed by atoms with E-state index in [1.807, 2.05) is 6.07 Å². The van der Waals surface area contributed by atoms with Gasteiger partial charge < -0.3 is 15.4 Å². The molecule has 4 heteroatoms. The standard InChI is InChI=1S/C16H24N2O2/c1-3-9-18-16(19)8-10-17-15-7-5-12-4-6-13(20-2)11-14(12)15/h4,6,11,15,17H,3,5,7-10H2,1-2H3,(H,18,19). The van der Waals surface area contributed by atoms with Crippen molar-refractivity contribution < 1.29 is 9.53 Å². The second-order valence-corrected chi connectivity index (χ2v) is 5.21. The predicted molar refractivity (Wildman–Crippen MR) is 80.0 cm³/mol. The molecule has 1 atom stereocenters. The van der Waals surface area contributed by atoms with Crippen molar-refractivity contribution in [3.05, 3.63) is 29.3 Å². The van der Waals surface area contributed by atoms with Gasteiger partial charge >= 0.3 is 0 Å². The molecule has 0 saturated heterocycles. The minimum atomic E-state index is 0.128. The third-order valence-electron chi connectivity index (χ3n) is 3.75. The van der Waals surface area contributed by atoms with Crippen LogP contribution >= 0.6 is 0 Å². The third-order valence-corrected chi connectivity index (χ3v) is 3.75. The average Bonchev–Trinajstić information content (AvgIpc) is 2.87. The number of methoxy groups -OCH3 is 1. The summed E-state index contributed by atoms with van der Waals surface area (Å²) < 4.78 is 5.28. The maximum atomic E-state index is 11.6. The number of hydrogen-bond donors (Lipinski definition) is 2. The Hall–Kier alpha value is -1.55. The quantitative estimate of drug-likeness (QED) is 0.802. The Labute approximate surface area is 120 Å². The van der Waals surface area contributed by atoms with Crippen LogP contribution in [0.1, 0.15) is 43.4 Å². The molecule has 0 bridgehead atoms. The summed E-state index contributed by atoms with van der Waals surface area (Å²) in [5.41, 5.74) is 2.71. The number of benzene rings is 1. The zero-order valence-electron chi connectivity index (χ0n) is 12.4. The molecule has 0 spiro atoms. The van der Waals surface area contributed by atoms with Gasteiger partial charge in [0.2, 0.25) is 5.91 Å². The summed E-state index contributed by atoms with van der Waals surface area (Å²) in [4.78, 5) is 11.6. The monoisotopic (exact) mass is 276 g/mol. The Kier molecular flexibility index (Phi) is 5.41. The third kappa shape index (κ3) is 3.73. The summed E-state index contributed by atoms with van der Waals surface area (Å²) >= 11 is 0. The summed E-state index contributed by atoms with van der Waals surface area (Å²) in [5.74, 6) is 1.03. The number of ether oxygens (including phenoxy) is 1. The van der Waals surface area contributed by atoms with E-state index in [-0.39, 0.29) is 5.91 Å². The van der Waals surface area contributed by atoms with E-state index >= 15 is 0 Å². The molecule has 1 aromatic rings. The first-order valence-corrected chi connectivity index (χ1v) is 7.41. The highest BCUT2D eigenvalue weighted by Crippen LogP contribution is 2.33. The summed E-state index contributed by atoms with van der Waals surface area (Å²) in [5, 5.41) is 6.38. The van der Waals surface area contributed by atoms with E-state index in [0.717, 1.165) is 38.1 Å². The molecular formula is C16H24N2O2. The van der Waals surface area contributed by atoms with Crippen molar-refractivity contribution in [2.24, 2.45) is 0 Å². The van der Waals surface area contributed by atoms with E-state index in [1.165, 1.54) is 11.1 Å². The lowest BCUT2D eigenvalue weighted by Gasteiger charge is -2.14. The Morgan fingerprint density at radius 2 is 2.25 bits per heavy atom. The van der Waals surface area contributed by atoms with Gasteiger partial charge in [-0.2, -0.15) is 0 Å². The number of amides is 1. The minimum Gasteiger partial charge on any atom is -0.497 e. The second-order valence-electron chi connectivity index (χ2n) is 5.21. The van der Waals surface area contributed by atoms with E-state index in [4.69, 9.17) is 4.74 Å². The van der Waals surface area contributed by atoms with Crippen molar-refractivity contribution >= 4 is 5.91 Å².